The largest absolute Gasteiger partial charge is 0.245 e. The van der Waals surface area contributed by atoms with Crippen LogP contribution in [-0.4, -0.2) is 13.1 Å². The van der Waals surface area contributed by atoms with E-state index in [1.807, 2.05) is 6.92 Å². The molecular weight excluding hydrogens is 102 g/mol. The van der Waals surface area contributed by atoms with Gasteiger partial charge in [-0.15, -0.1) is 0 Å². The van der Waals surface area contributed by atoms with Crippen LogP contribution in [0.25, 0.3) is 0 Å². The summed E-state index contributed by atoms with van der Waals surface area (Å²) in [4.78, 5) is 0. The summed E-state index contributed by atoms with van der Waals surface area (Å²) in [6, 6.07) is 0. The zero-order valence-corrected chi connectivity index (χ0v) is 5.62. The van der Waals surface area contributed by atoms with Gasteiger partial charge in [0.15, 0.2) is 0 Å². The second-order valence-corrected chi connectivity index (χ2v) is 1.58. The molecular formula is C5H15N3. The molecule has 0 aromatic heterocycles. The van der Waals surface area contributed by atoms with E-state index in [9.17, 15) is 0 Å². The summed E-state index contributed by atoms with van der Waals surface area (Å²) in [6.45, 7) is 6.12. The molecule has 3 N–H and O–H groups in total. The second-order valence-electron chi connectivity index (χ2n) is 1.58. The molecule has 0 amide bonds. The van der Waals surface area contributed by atoms with Crippen molar-refractivity contribution in [3.05, 3.63) is 0 Å². The van der Waals surface area contributed by atoms with Crippen molar-refractivity contribution in [2.75, 3.05) is 13.1 Å². The van der Waals surface area contributed by atoms with Gasteiger partial charge in [-0.3, -0.25) is 0 Å². The van der Waals surface area contributed by atoms with Crippen LogP contribution in [0, 0.1) is 0 Å². The van der Waals surface area contributed by atoms with Gasteiger partial charge >= 0.3 is 0 Å². The molecule has 0 fully saturated rings. The first-order chi connectivity index (χ1) is 3.91. The number of rotatable bonds is 5. The number of hydrazine groups is 2. The number of hydrogen-bond acceptors (Lipinski definition) is 3. The first-order valence-electron chi connectivity index (χ1n) is 3.12. The number of hydrogen-bond donors (Lipinski definition) is 3. The minimum absolute atomic E-state index is 0.941. The quantitative estimate of drug-likeness (QED) is 0.351. The van der Waals surface area contributed by atoms with Gasteiger partial charge in [-0.25, -0.2) is 10.9 Å². The maximum absolute atomic E-state index is 2.97. The van der Waals surface area contributed by atoms with Crippen LogP contribution in [-0.2, 0) is 0 Å². The van der Waals surface area contributed by atoms with Crippen LogP contribution < -0.4 is 16.4 Å². The molecule has 0 spiro atoms. The van der Waals surface area contributed by atoms with E-state index in [-0.39, 0.29) is 0 Å². The van der Waals surface area contributed by atoms with Gasteiger partial charge in [-0.05, 0) is 6.42 Å². The molecule has 0 bridgehead atoms. The van der Waals surface area contributed by atoms with E-state index < -0.39 is 0 Å². The van der Waals surface area contributed by atoms with Crippen molar-refractivity contribution in [1.82, 2.24) is 16.4 Å². The highest BCUT2D eigenvalue weighted by Gasteiger charge is 1.76. The van der Waals surface area contributed by atoms with Gasteiger partial charge in [0.05, 0.1) is 0 Å². The molecule has 0 saturated heterocycles. The smallest absolute Gasteiger partial charge is 0.0110 e. The molecule has 0 aromatic carbocycles. The molecule has 0 saturated carbocycles. The SMILES string of the molecule is CCCNNNCC. The van der Waals surface area contributed by atoms with Crippen LogP contribution >= 0.6 is 0 Å². The molecule has 50 valence electrons. The fourth-order valence-electron chi connectivity index (χ4n) is 0.338. The molecule has 0 aliphatic rings. The normalized spacial score (nSPS) is 9.75. The third-order valence-electron chi connectivity index (χ3n) is 0.729. The van der Waals surface area contributed by atoms with Crippen LogP contribution in [0.3, 0.4) is 0 Å². The molecule has 0 heterocycles. The Hall–Kier alpha value is -0.120. The Morgan fingerprint density at radius 2 is 1.88 bits per heavy atom. The highest BCUT2D eigenvalue weighted by atomic mass is 15.6. The maximum atomic E-state index is 2.97. The first-order valence-corrected chi connectivity index (χ1v) is 3.12. The van der Waals surface area contributed by atoms with Crippen LogP contribution in [0.2, 0.25) is 0 Å². The van der Waals surface area contributed by atoms with Crippen LogP contribution in [0.1, 0.15) is 20.3 Å². The van der Waals surface area contributed by atoms with Crippen molar-refractivity contribution in [2.24, 2.45) is 0 Å². The Kier molecular flexibility index (Phi) is 6.78. The summed E-state index contributed by atoms with van der Waals surface area (Å²) in [5.74, 6) is 0. The zero-order valence-electron chi connectivity index (χ0n) is 5.62. The van der Waals surface area contributed by atoms with Gasteiger partial charge in [0.1, 0.15) is 0 Å². The molecule has 0 aliphatic carbocycles. The fraction of sp³-hybridized carbons (Fsp3) is 1.00. The van der Waals surface area contributed by atoms with Gasteiger partial charge in [0, 0.05) is 13.1 Å². The van der Waals surface area contributed by atoms with E-state index in [0.717, 1.165) is 19.5 Å². The van der Waals surface area contributed by atoms with E-state index in [0.29, 0.717) is 0 Å². The van der Waals surface area contributed by atoms with Crippen molar-refractivity contribution in [1.29, 1.82) is 0 Å². The molecule has 0 aliphatic heterocycles. The molecule has 0 rings (SSSR count). The third kappa shape index (κ3) is 5.88. The Morgan fingerprint density at radius 3 is 2.38 bits per heavy atom. The van der Waals surface area contributed by atoms with Crippen LogP contribution in [0.5, 0.6) is 0 Å². The summed E-state index contributed by atoms with van der Waals surface area (Å²) in [7, 11) is 0. The predicted octanol–water partition coefficient (Wildman–Crippen LogP) is 0.0151. The van der Waals surface area contributed by atoms with E-state index in [1.165, 1.54) is 0 Å². The van der Waals surface area contributed by atoms with E-state index in [1.54, 1.807) is 0 Å². The Morgan fingerprint density at radius 1 is 1.12 bits per heavy atom. The second kappa shape index (κ2) is 6.88. The monoisotopic (exact) mass is 117 g/mol. The summed E-state index contributed by atoms with van der Waals surface area (Å²) >= 11 is 0. The third-order valence-corrected chi connectivity index (χ3v) is 0.729. The average Bonchev–Trinajstić information content (AvgIpc) is 1.81. The summed E-state index contributed by atoms with van der Waals surface area (Å²) < 4.78 is 0. The highest BCUT2D eigenvalue weighted by molar-refractivity contribution is 4.31. The van der Waals surface area contributed by atoms with Gasteiger partial charge in [-0.2, -0.15) is 5.53 Å². The van der Waals surface area contributed by atoms with Gasteiger partial charge in [0.2, 0.25) is 0 Å². The molecule has 0 atom stereocenters. The maximum Gasteiger partial charge on any atom is 0.0110 e. The fourth-order valence-corrected chi connectivity index (χ4v) is 0.338. The minimum atomic E-state index is 0.941. The molecule has 0 unspecified atom stereocenters. The van der Waals surface area contributed by atoms with Gasteiger partial charge in [-0.1, -0.05) is 13.8 Å². The Labute approximate surface area is 50.8 Å². The highest BCUT2D eigenvalue weighted by Crippen LogP contribution is 1.63. The van der Waals surface area contributed by atoms with Crippen molar-refractivity contribution < 1.29 is 0 Å². The lowest BCUT2D eigenvalue weighted by molar-refractivity contribution is 0.444. The summed E-state index contributed by atoms with van der Waals surface area (Å²) in [5.41, 5.74) is 8.73. The van der Waals surface area contributed by atoms with Crippen molar-refractivity contribution in [3.63, 3.8) is 0 Å². The average molecular weight is 117 g/mol. The van der Waals surface area contributed by atoms with Gasteiger partial charge < -0.3 is 0 Å². The molecule has 3 heteroatoms. The minimum Gasteiger partial charge on any atom is -0.245 e. The van der Waals surface area contributed by atoms with Gasteiger partial charge in [0.25, 0.3) is 0 Å². The summed E-state index contributed by atoms with van der Waals surface area (Å²) in [6.07, 6.45) is 1.15. The van der Waals surface area contributed by atoms with Crippen molar-refractivity contribution in [3.8, 4) is 0 Å². The van der Waals surface area contributed by atoms with E-state index >= 15 is 0 Å². The van der Waals surface area contributed by atoms with E-state index in [2.05, 4.69) is 23.3 Å². The van der Waals surface area contributed by atoms with Crippen LogP contribution in [0.15, 0.2) is 0 Å². The zero-order chi connectivity index (χ0) is 6.24. The first kappa shape index (κ1) is 7.88. The standard InChI is InChI=1S/C5H15N3/c1-3-5-7-8-6-4-2/h6-8H,3-5H2,1-2H3. The van der Waals surface area contributed by atoms with E-state index in [4.69, 9.17) is 0 Å². The Bertz CT molecular complexity index is 32.7. The predicted molar refractivity (Wildman–Crippen MR) is 35.1 cm³/mol. The molecule has 0 radical (unpaired) electrons. The molecule has 0 aromatic rings. The lowest BCUT2D eigenvalue weighted by Crippen LogP contribution is -2.43. The summed E-state index contributed by atoms with van der Waals surface area (Å²) in [5, 5.41) is 0. The molecule has 8 heavy (non-hydrogen) atoms. The van der Waals surface area contributed by atoms with Crippen LogP contribution in [0.4, 0.5) is 0 Å². The lowest BCUT2D eigenvalue weighted by atomic mass is 10.5. The Balaban J connectivity index is 2.53. The molecule has 3 nitrogen and oxygen atoms in total. The number of nitrogens with one attached hydrogen (secondary N) is 3. The van der Waals surface area contributed by atoms with Crippen molar-refractivity contribution >= 4 is 0 Å². The van der Waals surface area contributed by atoms with Crippen molar-refractivity contribution in [2.45, 2.75) is 20.3 Å². The topological polar surface area (TPSA) is 36.1 Å². The lowest BCUT2D eigenvalue weighted by Gasteiger charge is -2.03.